The molecule has 2 aromatic carbocycles. The van der Waals surface area contributed by atoms with Crippen LogP contribution in [0.1, 0.15) is 23.0 Å². The van der Waals surface area contributed by atoms with Gasteiger partial charge in [0.25, 0.3) is 5.91 Å². The predicted molar refractivity (Wildman–Crippen MR) is 102 cm³/mol. The summed E-state index contributed by atoms with van der Waals surface area (Å²) >= 11 is 0. The number of amides is 1. The Morgan fingerprint density at radius 2 is 1.89 bits per heavy atom. The van der Waals surface area contributed by atoms with Gasteiger partial charge in [-0.05, 0) is 24.6 Å². The van der Waals surface area contributed by atoms with Gasteiger partial charge in [0.2, 0.25) is 0 Å². The van der Waals surface area contributed by atoms with Gasteiger partial charge in [-0.3, -0.25) is 4.79 Å². The van der Waals surface area contributed by atoms with Crippen LogP contribution >= 0.6 is 0 Å². The molecular formula is C21H22N2O4. The molecule has 1 amide bonds. The fourth-order valence-electron chi connectivity index (χ4n) is 2.73. The molecule has 27 heavy (non-hydrogen) atoms. The first-order valence-corrected chi connectivity index (χ1v) is 8.62. The van der Waals surface area contributed by atoms with Crippen molar-refractivity contribution in [2.75, 3.05) is 13.7 Å². The highest BCUT2D eigenvalue weighted by molar-refractivity contribution is 5.93. The molecule has 0 aliphatic carbocycles. The van der Waals surface area contributed by atoms with E-state index in [9.17, 15) is 9.90 Å². The SMILES string of the molecule is COc1ccc(C[C@@](C)(O)CNC(=O)c2cc(-c3ccccc3)on2)cc1. The smallest absolute Gasteiger partial charge is 0.273 e. The highest BCUT2D eigenvalue weighted by Crippen LogP contribution is 2.20. The number of carbonyl (C=O) groups is 1. The lowest BCUT2D eigenvalue weighted by Crippen LogP contribution is -2.42. The van der Waals surface area contributed by atoms with Crippen LogP contribution in [0.2, 0.25) is 0 Å². The van der Waals surface area contributed by atoms with Gasteiger partial charge in [-0.25, -0.2) is 0 Å². The monoisotopic (exact) mass is 366 g/mol. The number of methoxy groups -OCH3 is 1. The van der Waals surface area contributed by atoms with Crippen LogP contribution in [-0.4, -0.2) is 35.4 Å². The first-order valence-electron chi connectivity index (χ1n) is 8.62. The van der Waals surface area contributed by atoms with Crippen molar-refractivity contribution in [3.05, 3.63) is 71.9 Å². The van der Waals surface area contributed by atoms with Crippen molar-refractivity contribution in [3.8, 4) is 17.1 Å². The number of rotatable bonds is 7. The maximum absolute atomic E-state index is 12.3. The second kappa shape index (κ2) is 8.05. The summed E-state index contributed by atoms with van der Waals surface area (Å²) < 4.78 is 10.4. The summed E-state index contributed by atoms with van der Waals surface area (Å²) in [5, 5.41) is 17.1. The Balaban J connectivity index is 1.58. The lowest BCUT2D eigenvalue weighted by Gasteiger charge is -2.23. The zero-order chi connectivity index (χ0) is 19.3. The van der Waals surface area contributed by atoms with Crippen molar-refractivity contribution in [3.63, 3.8) is 0 Å². The maximum atomic E-state index is 12.3. The standard InChI is InChI=1S/C21H22N2O4/c1-21(25,13-15-8-10-17(26-2)11-9-15)14-22-20(24)18-12-19(27-23-18)16-6-4-3-5-7-16/h3-12,25H,13-14H2,1-2H3,(H,22,24)/t21-/m1/s1. The molecule has 0 bridgehead atoms. The summed E-state index contributed by atoms with van der Waals surface area (Å²) in [5.74, 6) is 0.883. The van der Waals surface area contributed by atoms with Crippen LogP contribution < -0.4 is 10.1 Å². The van der Waals surface area contributed by atoms with Crippen LogP contribution in [0.3, 0.4) is 0 Å². The second-order valence-electron chi connectivity index (χ2n) is 6.65. The van der Waals surface area contributed by atoms with E-state index >= 15 is 0 Å². The van der Waals surface area contributed by atoms with Gasteiger partial charge in [-0.15, -0.1) is 0 Å². The molecule has 0 saturated carbocycles. The van der Waals surface area contributed by atoms with E-state index in [4.69, 9.17) is 9.26 Å². The molecule has 0 radical (unpaired) electrons. The highest BCUT2D eigenvalue weighted by Gasteiger charge is 2.23. The number of hydrogen-bond donors (Lipinski definition) is 2. The van der Waals surface area contributed by atoms with E-state index in [1.165, 1.54) is 0 Å². The zero-order valence-corrected chi connectivity index (χ0v) is 15.3. The molecule has 0 aliphatic heterocycles. The number of nitrogens with zero attached hydrogens (tertiary/aromatic N) is 1. The van der Waals surface area contributed by atoms with E-state index in [0.29, 0.717) is 12.2 Å². The van der Waals surface area contributed by atoms with Crippen molar-refractivity contribution in [2.45, 2.75) is 18.9 Å². The topological polar surface area (TPSA) is 84.6 Å². The van der Waals surface area contributed by atoms with E-state index in [-0.39, 0.29) is 12.2 Å². The molecule has 3 aromatic rings. The fraction of sp³-hybridized carbons (Fsp3) is 0.238. The van der Waals surface area contributed by atoms with Gasteiger partial charge >= 0.3 is 0 Å². The minimum absolute atomic E-state index is 0.0887. The molecule has 2 N–H and O–H groups in total. The predicted octanol–water partition coefficient (Wildman–Crippen LogP) is 3.07. The first-order chi connectivity index (χ1) is 13.0. The van der Waals surface area contributed by atoms with E-state index in [2.05, 4.69) is 10.5 Å². The van der Waals surface area contributed by atoms with Crippen molar-refractivity contribution in [1.29, 1.82) is 0 Å². The Labute approximate surface area is 157 Å². The van der Waals surface area contributed by atoms with Crippen LogP contribution in [0.5, 0.6) is 5.75 Å². The number of ether oxygens (including phenoxy) is 1. The van der Waals surface area contributed by atoms with Gasteiger partial charge in [0.1, 0.15) is 5.75 Å². The number of benzene rings is 2. The van der Waals surface area contributed by atoms with E-state index < -0.39 is 11.5 Å². The summed E-state index contributed by atoms with van der Waals surface area (Å²) in [6.45, 7) is 1.76. The number of aliphatic hydroxyl groups is 1. The summed E-state index contributed by atoms with van der Waals surface area (Å²) in [6, 6.07) is 18.5. The third-order valence-electron chi connectivity index (χ3n) is 4.17. The molecule has 3 rings (SSSR count). The molecule has 0 saturated heterocycles. The third-order valence-corrected chi connectivity index (χ3v) is 4.17. The largest absolute Gasteiger partial charge is 0.497 e. The van der Waals surface area contributed by atoms with Gasteiger partial charge in [0.05, 0.1) is 12.7 Å². The lowest BCUT2D eigenvalue weighted by molar-refractivity contribution is 0.0550. The molecule has 6 heteroatoms. The first kappa shape index (κ1) is 18.7. The molecule has 1 atom stereocenters. The average Bonchev–Trinajstić information content (AvgIpc) is 3.17. The lowest BCUT2D eigenvalue weighted by atomic mass is 9.96. The molecule has 1 aromatic heterocycles. The van der Waals surface area contributed by atoms with Crippen molar-refractivity contribution in [1.82, 2.24) is 10.5 Å². The molecule has 0 unspecified atom stereocenters. The second-order valence-corrected chi connectivity index (χ2v) is 6.65. The molecular weight excluding hydrogens is 344 g/mol. The van der Waals surface area contributed by atoms with Crippen LogP contribution in [0.4, 0.5) is 0 Å². The van der Waals surface area contributed by atoms with E-state index in [1.54, 1.807) is 20.1 Å². The minimum Gasteiger partial charge on any atom is -0.497 e. The summed E-state index contributed by atoms with van der Waals surface area (Å²) in [4.78, 5) is 12.3. The van der Waals surface area contributed by atoms with Gasteiger partial charge in [-0.1, -0.05) is 47.6 Å². The molecule has 6 nitrogen and oxygen atoms in total. The van der Waals surface area contributed by atoms with Crippen LogP contribution in [0.25, 0.3) is 11.3 Å². The van der Waals surface area contributed by atoms with Crippen LogP contribution in [-0.2, 0) is 6.42 Å². The summed E-state index contributed by atoms with van der Waals surface area (Å²) in [6.07, 6.45) is 0.394. The quantitative estimate of drug-likeness (QED) is 0.671. The number of nitrogens with one attached hydrogen (secondary N) is 1. The van der Waals surface area contributed by atoms with E-state index in [1.807, 2.05) is 54.6 Å². The van der Waals surface area contributed by atoms with Crippen LogP contribution in [0, 0.1) is 0 Å². The van der Waals surface area contributed by atoms with Gasteiger partial charge < -0.3 is 19.7 Å². The van der Waals surface area contributed by atoms with Gasteiger partial charge in [0.15, 0.2) is 11.5 Å². The van der Waals surface area contributed by atoms with Crippen molar-refractivity contribution < 1.29 is 19.2 Å². The number of hydrogen-bond acceptors (Lipinski definition) is 5. The normalized spacial score (nSPS) is 13.0. The Bertz CT molecular complexity index is 886. The molecule has 1 heterocycles. The number of aromatic nitrogens is 1. The van der Waals surface area contributed by atoms with Crippen molar-refractivity contribution >= 4 is 5.91 Å². The third kappa shape index (κ3) is 4.95. The summed E-state index contributed by atoms with van der Waals surface area (Å²) in [7, 11) is 1.60. The Kier molecular flexibility index (Phi) is 5.57. The Morgan fingerprint density at radius 1 is 1.19 bits per heavy atom. The maximum Gasteiger partial charge on any atom is 0.273 e. The molecule has 0 spiro atoms. The van der Waals surface area contributed by atoms with Gasteiger partial charge in [0, 0.05) is 24.6 Å². The highest BCUT2D eigenvalue weighted by atomic mass is 16.5. The molecule has 0 fully saturated rings. The fourth-order valence-corrected chi connectivity index (χ4v) is 2.73. The molecule has 0 aliphatic rings. The minimum atomic E-state index is -1.10. The van der Waals surface area contributed by atoms with Gasteiger partial charge in [-0.2, -0.15) is 0 Å². The van der Waals surface area contributed by atoms with Crippen LogP contribution in [0.15, 0.2) is 65.2 Å². The molecule has 140 valence electrons. The summed E-state index contributed by atoms with van der Waals surface area (Å²) in [5.41, 5.74) is 0.864. The Hall–Kier alpha value is -3.12. The number of carbonyl (C=O) groups excluding carboxylic acids is 1. The Morgan fingerprint density at radius 3 is 2.56 bits per heavy atom. The van der Waals surface area contributed by atoms with Crippen molar-refractivity contribution in [2.24, 2.45) is 0 Å². The zero-order valence-electron chi connectivity index (χ0n) is 15.3. The van der Waals surface area contributed by atoms with E-state index in [0.717, 1.165) is 16.9 Å². The average molecular weight is 366 g/mol.